The molecule has 3 N–H and O–H groups in total. The number of benzene rings is 1. The van der Waals surface area contributed by atoms with Crippen LogP contribution in [0.3, 0.4) is 0 Å². The molecule has 8 heteroatoms. The highest BCUT2D eigenvalue weighted by Crippen LogP contribution is 2.22. The smallest absolute Gasteiger partial charge is 0.231 e. The maximum atomic E-state index is 12.2. The number of halogens is 1. The summed E-state index contributed by atoms with van der Waals surface area (Å²) in [5, 5.41) is 3.70. The Bertz CT molecular complexity index is 783. The maximum Gasteiger partial charge on any atom is 0.231 e. The van der Waals surface area contributed by atoms with Gasteiger partial charge in [0.2, 0.25) is 11.8 Å². The number of nitrogens with two attached hydrogens (primary N) is 1. The number of amides is 2. The zero-order valence-corrected chi connectivity index (χ0v) is 15.7. The van der Waals surface area contributed by atoms with E-state index >= 15 is 0 Å². The van der Waals surface area contributed by atoms with Crippen LogP contribution in [0.4, 0.5) is 0 Å². The second-order valence-corrected chi connectivity index (χ2v) is 7.15. The molecule has 0 radical (unpaired) electrons. The van der Waals surface area contributed by atoms with E-state index in [0.717, 1.165) is 31.5 Å². The summed E-state index contributed by atoms with van der Waals surface area (Å²) in [5.41, 5.74) is 6.10. The molecule has 0 unspecified atom stereocenters. The van der Waals surface area contributed by atoms with Gasteiger partial charge in [0.25, 0.3) is 0 Å². The van der Waals surface area contributed by atoms with Gasteiger partial charge in [0, 0.05) is 42.6 Å². The Morgan fingerprint density at radius 3 is 2.63 bits per heavy atom. The van der Waals surface area contributed by atoms with Crippen molar-refractivity contribution in [3.05, 3.63) is 41.4 Å². The number of carbonyl (C=O) groups excluding carboxylic acids is 2. The highest BCUT2D eigenvalue weighted by Gasteiger charge is 2.21. The maximum absolute atomic E-state index is 12.2. The Kier molecular flexibility index (Phi) is 6.47. The van der Waals surface area contributed by atoms with Crippen molar-refractivity contribution in [2.24, 2.45) is 5.73 Å². The molecule has 2 heterocycles. The predicted octanol–water partition coefficient (Wildman–Crippen LogP) is 1.99. The van der Waals surface area contributed by atoms with E-state index in [1.165, 1.54) is 0 Å². The monoisotopic (exact) mass is 390 g/mol. The number of hydrogen-bond acceptors (Lipinski definition) is 5. The Labute approximate surface area is 162 Å². The van der Waals surface area contributed by atoms with E-state index in [1.54, 1.807) is 18.3 Å². The molecule has 0 aliphatic carbocycles. The van der Waals surface area contributed by atoms with E-state index in [2.05, 4.69) is 10.3 Å². The van der Waals surface area contributed by atoms with Crippen molar-refractivity contribution in [2.45, 2.75) is 31.7 Å². The number of carbonyl (C=O) groups is 2. The molecular weight excluding hydrogens is 368 g/mol. The number of oxazole rings is 1. The molecule has 144 valence electrons. The summed E-state index contributed by atoms with van der Waals surface area (Å²) in [5.74, 6) is 0.853. The summed E-state index contributed by atoms with van der Waals surface area (Å²) >= 11 is 5.89. The molecule has 3 rings (SSSR count). The van der Waals surface area contributed by atoms with E-state index in [1.807, 2.05) is 17.0 Å². The summed E-state index contributed by atoms with van der Waals surface area (Å²) in [6.07, 6.45) is 4.06. The van der Waals surface area contributed by atoms with Crippen molar-refractivity contribution in [2.75, 3.05) is 19.6 Å². The van der Waals surface area contributed by atoms with Crippen molar-refractivity contribution >= 4 is 23.4 Å². The molecule has 27 heavy (non-hydrogen) atoms. The number of piperidine rings is 1. The minimum atomic E-state index is -0.318. The van der Waals surface area contributed by atoms with Crippen LogP contribution in [0.1, 0.15) is 25.2 Å². The Balaban J connectivity index is 1.42. The average molecular weight is 391 g/mol. The summed E-state index contributed by atoms with van der Waals surface area (Å²) < 4.78 is 5.72. The van der Waals surface area contributed by atoms with Crippen LogP contribution < -0.4 is 11.1 Å². The molecule has 1 aromatic heterocycles. The van der Waals surface area contributed by atoms with E-state index in [-0.39, 0.29) is 24.4 Å². The second kappa shape index (κ2) is 9.01. The number of primary amides is 1. The Morgan fingerprint density at radius 2 is 1.96 bits per heavy atom. The van der Waals surface area contributed by atoms with Crippen LogP contribution in [0.15, 0.2) is 34.9 Å². The molecule has 1 aliphatic rings. The Morgan fingerprint density at radius 1 is 1.26 bits per heavy atom. The minimum Gasteiger partial charge on any atom is -0.441 e. The topological polar surface area (TPSA) is 101 Å². The molecule has 1 fully saturated rings. The number of nitrogens with one attached hydrogen (secondary N) is 1. The zero-order valence-electron chi connectivity index (χ0n) is 15.0. The lowest BCUT2D eigenvalue weighted by Gasteiger charge is -2.31. The van der Waals surface area contributed by atoms with Gasteiger partial charge in [-0.3, -0.25) is 14.5 Å². The van der Waals surface area contributed by atoms with Gasteiger partial charge >= 0.3 is 0 Å². The molecule has 1 saturated heterocycles. The first kappa shape index (κ1) is 19.4. The lowest BCUT2D eigenvalue weighted by Crippen LogP contribution is -2.46. The van der Waals surface area contributed by atoms with Crippen LogP contribution >= 0.6 is 11.6 Å². The van der Waals surface area contributed by atoms with Crippen molar-refractivity contribution in [1.82, 2.24) is 15.2 Å². The van der Waals surface area contributed by atoms with Gasteiger partial charge in [-0.05, 0) is 37.1 Å². The first-order chi connectivity index (χ1) is 13.0. The first-order valence-electron chi connectivity index (χ1n) is 9.00. The van der Waals surface area contributed by atoms with E-state index in [0.29, 0.717) is 29.5 Å². The fraction of sp³-hybridized carbons (Fsp3) is 0.421. The highest BCUT2D eigenvalue weighted by atomic mass is 35.5. The lowest BCUT2D eigenvalue weighted by atomic mass is 10.0. The number of rotatable bonds is 7. The summed E-state index contributed by atoms with van der Waals surface area (Å²) in [6.45, 7) is 1.80. The fourth-order valence-corrected chi connectivity index (χ4v) is 3.28. The number of hydrogen-bond donors (Lipinski definition) is 2. The van der Waals surface area contributed by atoms with Gasteiger partial charge in [0.15, 0.2) is 11.7 Å². The van der Waals surface area contributed by atoms with Crippen LogP contribution in [0, 0.1) is 0 Å². The summed E-state index contributed by atoms with van der Waals surface area (Å²) in [6, 6.07) is 7.45. The second-order valence-electron chi connectivity index (χ2n) is 6.71. The van der Waals surface area contributed by atoms with Gasteiger partial charge in [0.05, 0.1) is 12.7 Å². The van der Waals surface area contributed by atoms with Crippen molar-refractivity contribution in [3.63, 3.8) is 0 Å². The van der Waals surface area contributed by atoms with Crippen LogP contribution in [-0.2, 0) is 16.0 Å². The minimum absolute atomic E-state index is 0.0189. The van der Waals surface area contributed by atoms with Crippen molar-refractivity contribution in [3.8, 4) is 11.3 Å². The van der Waals surface area contributed by atoms with Crippen molar-refractivity contribution in [1.29, 1.82) is 0 Å². The molecule has 0 spiro atoms. The predicted molar refractivity (Wildman–Crippen MR) is 102 cm³/mol. The molecule has 1 aliphatic heterocycles. The number of nitrogens with zero attached hydrogens (tertiary/aromatic N) is 2. The Hall–Kier alpha value is -2.38. The third-order valence-corrected chi connectivity index (χ3v) is 4.83. The molecule has 0 saturated carbocycles. The zero-order chi connectivity index (χ0) is 19.2. The van der Waals surface area contributed by atoms with Gasteiger partial charge in [0.1, 0.15) is 0 Å². The standard InChI is InChI=1S/C19H23ClN4O3/c20-14-3-1-13(2-4-14)16-11-22-19(27-16)6-5-18(26)23-15-7-9-24(10-8-15)12-17(21)25/h1-4,11,15H,5-10,12H2,(H2,21,25)(H,23,26). The molecule has 7 nitrogen and oxygen atoms in total. The molecule has 2 amide bonds. The van der Waals surface area contributed by atoms with Gasteiger partial charge in [-0.15, -0.1) is 0 Å². The third kappa shape index (κ3) is 5.80. The summed E-state index contributed by atoms with van der Waals surface area (Å²) in [7, 11) is 0. The van der Waals surface area contributed by atoms with Gasteiger partial charge in [-0.25, -0.2) is 4.98 Å². The highest BCUT2D eigenvalue weighted by molar-refractivity contribution is 6.30. The van der Waals surface area contributed by atoms with E-state index < -0.39 is 0 Å². The van der Waals surface area contributed by atoms with E-state index in [4.69, 9.17) is 21.8 Å². The van der Waals surface area contributed by atoms with Gasteiger partial charge in [-0.2, -0.15) is 0 Å². The molecule has 0 bridgehead atoms. The molecule has 1 aromatic carbocycles. The van der Waals surface area contributed by atoms with E-state index in [9.17, 15) is 9.59 Å². The normalized spacial score (nSPS) is 15.6. The SMILES string of the molecule is NC(=O)CN1CCC(NC(=O)CCc2ncc(-c3ccc(Cl)cc3)o2)CC1. The number of likely N-dealkylation sites (tertiary alicyclic amines) is 1. The van der Waals surface area contributed by atoms with Crippen LogP contribution in [0.2, 0.25) is 5.02 Å². The van der Waals surface area contributed by atoms with Crippen LogP contribution in [0.25, 0.3) is 11.3 Å². The van der Waals surface area contributed by atoms with Gasteiger partial charge < -0.3 is 15.5 Å². The average Bonchev–Trinajstić information content (AvgIpc) is 3.11. The van der Waals surface area contributed by atoms with Crippen LogP contribution in [0.5, 0.6) is 0 Å². The third-order valence-electron chi connectivity index (χ3n) is 4.58. The summed E-state index contributed by atoms with van der Waals surface area (Å²) in [4.78, 5) is 29.4. The molecule has 0 atom stereocenters. The number of aryl methyl sites for hydroxylation is 1. The molecular formula is C19H23ClN4O3. The first-order valence-corrected chi connectivity index (χ1v) is 9.38. The lowest BCUT2D eigenvalue weighted by molar-refractivity contribution is -0.123. The van der Waals surface area contributed by atoms with Crippen molar-refractivity contribution < 1.29 is 14.0 Å². The van der Waals surface area contributed by atoms with Gasteiger partial charge in [-0.1, -0.05) is 11.6 Å². The largest absolute Gasteiger partial charge is 0.441 e. The molecule has 2 aromatic rings. The quantitative estimate of drug-likeness (QED) is 0.752. The van der Waals surface area contributed by atoms with Crippen LogP contribution in [-0.4, -0.2) is 47.4 Å². The fourth-order valence-electron chi connectivity index (χ4n) is 3.15. The number of aromatic nitrogens is 1.